The number of halogens is 8. The zero-order valence-corrected chi connectivity index (χ0v) is 16.4. The molecule has 0 saturated heterocycles. The first-order chi connectivity index (χ1) is 12.0. The number of alkyl halides is 7. The molecule has 0 N–H and O–H groups in total. The van der Waals surface area contributed by atoms with E-state index in [1.165, 1.54) is 30.7 Å². The van der Waals surface area contributed by atoms with Gasteiger partial charge in [-0.15, -0.1) is 0 Å². The second-order valence-corrected chi connectivity index (χ2v) is 7.36. The summed E-state index contributed by atoms with van der Waals surface area (Å²) in [6, 6.07) is 0. The Morgan fingerprint density at radius 2 is 1.15 bits per heavy atom. The molecular formula is C14H26F8NO3S+. The highest BCUT2D eigenvalue weighted by Crippen LogP contribution is 2.43. The molecule has 0 saturated carbocycles. The zero-order valence-electron chi connectivity index (χ0n) is 15.6. The maximum absolute atomic E-state index is 12.7. The maximum Gasteiger partial charge on any atom is 0.434 e. The summed E-state index contributed by atoms with van der Waals surface area (Å²) >= 11 is 0. The lowest BCUT2D eigenvalue weighted by molar-refractivity contribution is -0.921. The second kappa shape index (κ2) is 10.7. The fraction of sp³-hybridized carbons (Fsp3) is 1.00. The van der Waals surface area contributed by atoms with E-state index in [0.29, 0.717) is 0 Å². The van der Waals surface area contributed by atoms with E-state index in [4.69, 9.17) is 0 Å². The van der Waals surface area contributed by atoms with Crippen LogP contribution in [0.4, 0.5) is 35.3 Å². The van der Waals surface area contributed by atoms with Gasteiger partial charge >= 0.3 is 27.5 Å². The van der Waals surface area contributed by atoms with Gasteiger partial charge in [0.15, 0.2) is 0 Å². The molecule has 0 bridgehead atoms. The molecule has 0 aromatic rings. The van der Waals surface area contributed by atoms with Gasteiger partial charge in [-0.1, -0.05) is 4.39 Å². The van der Waals surface area contributed by atoms with Gasteiger partial charge < -0.3 is 4.48 Å². The van der Waals surface area contributed by atoms with Crippen molar-refractivity contribution in [1.29, 1.82) is 0 Å². The predicted molar refractivity (Wildman–Crippen MR) is 83.3 cm³/mol. The Bertz CT molecular complexity index is 501. The Hall–Kier alpha value is -0.690. The van der Waals surface area contributed by atoms with E-state index in [1.807, 2.05) is 0 Å². The molecule has 0 aliphatic carbocycles. The smallest absolute Gasteiger partial charge is 0.325 e. The molecule has 27 heavy (non-hydrogen) atoms. The summed E-state index contributed by atoms with van der Waals surface area (Å²) in [7, 11) is -6.55. The van der Waals surface area contributed by atoms with Crippen molar-refractivity contribution in [2.75, 3.05) is 26.2 Å². The van der Waals surface area contributed by atoms with E-state index in [-0.39, 0.29) is 0 Å². The molecule has 0 atom stereocenters. The topological polar surface area (TPSA) is 43.4 Å². The fourth-order valence-electron chi connectivity index (χ4n) is 2.22. The van der Waals surface area contributed by atoms with Crippen LogP contribution in [-0.2, 0) is 14.5 Å². The quantitative estimate of drug-likeness (QED) is 0.352. The third-order valence-corrected chi connectivity index (χ3v) is 5.55. The Kier molecular flexibility index (Phi) is 11.3. The largest absolute Gasteiger partial charge is 0.434 e. The lowest BCUT2D eigenvalue weighted by Crippen LogP contribution is -2.47. The standard InChI is InChI=1S/C8H20N.C6H6F8O3S/c1-5-9(6-2,7-3)8-4;7-4(8,2-1-3-5(9,10)11)6(12,13)18(15,16)17-14/h5-8H2,1-4H3;1-3H2/q+1;. The van der Waals surface area contributed by atoms with Crippen LogP contribution in [0, 0.1) is 0 Å². The molecule has 0 aliphatic rings. The van der Waals surface area contributed by atoms with E-state index in [0.717, 1.165) is 0 Å². The highest BCUT2D eigenvalue weighted by molar-refractivity contribution is 7.87. The molecule has 0 heterocycles. The van der Waals surface area contributed by atoms with Crippen LogP contribution in [0.3, 0.4) is 0 Å². The molecule has 0 amide bonds. The van der Waals surface area contributed by atoms with Gasteiger partial charge in [0.05, 0.1) is 26.2 Å². The second-order valence-electron chi connectivity index (χ2n) is 5.81. The van der Waals surface area contributed by atoms with Gasteiger partial charge in [-0.2, -0.15) is 39.2 Å². The number of rotatable bonds is 10. The third kappa shape index (κ3) is 8.46. The molecule has 0 unspecified atom stereocenters. The van der Waals surface area contributed by atoms with E-state index < -0.39 is 46.7 Å². The molecule has 0 rings (SSSR count). The molecule has 0 spiro atoms. The van der Waals surface area contributed by atoms with Crippen LogP contribution in [0.1, 0.15) is 47.0 Å². The van der Waals surface area contributed by atoms with Gasteiger partial charge in [-0.25, -0.2) is 0 Å². The van der Waals surface area contributed by atoms with Gasteiger partial charge in [-0.3, -0.25) is 0 Å². The summed E-state index contributed by atoms with van der Waals surface area (Å²) in [4.78, 5) is 0. The number of hydrogen-bond acceptors (Lipinski definition) is 3. The minimum Gasteiger partial charge on any atom is -0.325 e. The normalized spacial score (nSPS) is 13.9. The maximum atomic E-state index is 12.7. The summed E-state index contributed by atoms with van der Waals surface area (Å²) in [6.45, 7) is 14.2. The van der Waals surface area contributed by atoms with Crippen LogP contribution in [0.25, 0.3) is 0 Å². The van der Waals surface area contributed by atoms with Crippen molar-refractivity contribution in [3.63, 3.8) is 0 Å². The van der Waals surface area contributed by atoms with E-state index >= 15 is 0 Å². The molecule has 0 aliphatic heterocycles. The predicted octanol–water partition coefficient (Wildman–Crippen LogP) is 5.06. The van der Waals surface area contributed by atoms with E-state index in [9.17, 15) is 43.7 Å². The monoisotopic (exact) mass is 440 g/mol. The van der Waals surface area contributed by atoms with Gasteiger partial charge in [0.1, 0.15) is 0 Å². The number of hydrogen-bond donors (Lipinski definition) is 0. The lowest BCUT2D eigenvalue weighted by atomic mass is 10.1. The summed E-state index contributed by atoms with van der Waals surface area (Å²) in [5.74, 6) is -5.39. The molecular weight excluding hydrogens is 414 g/mol. The van der Waals surface area contributed by atoms with Crippen molar-refractivity contribution < 1.29 is 52.5 Å². The minimum absolute atomic E-state index is 1.28. The first-order valence-corrected chi connectivity index (χ1v) is 9.64. The first kappa shape index (κ1) is 28.5. The average molecular weight is 440 g/mol. The molecule has 0 aromatic heterocycles. The van der Waals surface area contributed by atoms with Crippen molar-refractivity contribution in [3.8, 4) is 0 Å². The van der Waals surface area contributed by atoms with E-state index in [2.05, 4.69) is 27.7 Å². The van der Waals surface area contributed by atoms with Gasteiger partial charge in [0, 0.05) is 12.8 Å². The number of nitrogens with zero attached hydrogens (tertiary/aromatic N) is 1. The summed E-state index contributed by atoms with van der Waals surface area (Å²) in [5, 5.41) is -5.96. The van der Waals surface area contributed by atoms with Crippen LogP contribution in [0.15, 0.2) is 0 Å². The van der Waals surface area contributed by atoms with Crippen molar-refractivity contribution in [2.24, 2.45) is 0 Å². The molecule has 0 radical (unpaired) electrons. The highest BCUT2D eigenvalue weighted by Gasteiger charge is 2.66. The van der Waals surface area contributed by atoms with Gasteiger partial charge in [-0.05, 0) is 38.6 Å². The molecule has 13 heteroatoms. The Morgan fingerprint density at radius 1 is 0.778 bits per heavy atom. The Morgan fingerprint density at radius 3 is 1.37 bits per heavy atom. The third-order valence-electron chi connectivity index (χ3n) is 4.46. The molecule has 0 fully saturated rings. The zero-order chi connectivity index (χ0) is 22.2. The minimum atomic E-state index is -6.55. The van der Waals surface area contributed by atoms with Crippen LogP contribution >= 0.6 is 0 Å². The van der Waals surface area contributed by atoms with Crippen LogP contribution in [0.2, 0.25) is 0 Å². The molecule has 166 valence electrons. The highest BCUT2D eigenvalue weighted by atomic mass is 32.2. The van der Waals surface area contributed by atoms with Crippen LogP contribution in [0.5, 0.6) is 0 Å². The first-order valence-electron chi connectivity index (χ1n) is 8.23. The van der Waals surface area contributed by atoms with Gasteiger partial charge in [0.2, 0.25) is 0 Å². The van der Waals surface area contributed by atoms with Crippen molar-refractivity contribution in [2.45, 2.75) is 64.3 Å². The lowest BCUT2D eigenvalue weighted by Gasteiger charge is -2.34. The Labute approximate surface area is 154 Å². The van der Waals surface area contributed by atoms with Crippen LogP contribution in [-0.4, -0.2) is 56.4 Å². The summed E-state index contributed by atoms with van der Waals surface area (Å²) < 4.78 is 120. The van der Waals surface area contributed by atoms with Crippen molar-refractivity contribution >= 4 is 10.1 Å². The Balaban J connectivity index is 0. The molecule has 4 nitrogen and oxygen atoms in total. The van der Waals surface area contributed by atoms with Crippen molar-refractivity contribution in [3.05, 3.63) is 0 Å². The van der Waals surface area contributed by atoms with Crippen molar-refractivity contribution in [1.82, 2.24) is 0 Å². The fourth-order valence-corrected chi connectivity index (χ4v) is 2.77. The molecule has 0 aromatic carbocycles. The van der Waals surface area contributed by atoms with Gasteiger partial charge in [0.25, 0.3) is 0 Å². The van der Waals surface area contributed by atoms with Crippen LogP contribution < -0.4 is 0 Å². The number of quaternary nitrogens is 1. The SMILES string of the molecule is CC[N+](CC)(CC)CC.O=S(=O)(OF)C(F)(F)C(F)(F)CCCC(F)(F)F. The average Bonchev–Trinajstić information content (AvgIpc) is 2.56. The van der Waals surface area contributed by atoms with E-state index in [1.54, 1.807) is 4.39 Å². The summed E-state index contributed by atoms with van der Waals surface area (Å²) in [5.41, 5.74) is 0. The summed E-state index contributed by atoms with van der Waals surface area (Å²) in [6.07, 6.45) is -10.2.